The van der Waals surface area contributed by atoms with Gasteiger partial charge in [0.1, 0.15) is 12.0 Å². The maximum atomic E-state index is 13.7. The normalized spacial score (nSPS) is 13.6. The zero-order chi connectivity index (χ0) is 16.7. The zero-order valence-electron chi connectivity index (χ0n) is 12.1. The van der Waals surface area contributed by atoms with E-state index < -0.39 is 40.8 Å². The highest BCUT2D eigenvalue weighted by Crippen LogP contribution is 1.99. The van der Waals surface area contributed by atoms with Gasteiger partial charge in [-0.05, 0) is 6.92 Å². The highest BCUT2D eigenvalue weighted by Gasteiger charge is 2.18. The van der Waals surface area contributed by atoms with Crippen LogP contribution in [0.3, 0.4) is 0 Å². The molecular weight excluding hydrogens is 321 g/mol. The second kappa shape index (κ2) is 5.61. The molecule has 22 heavy (non-hydrogen) atoms. The first-order chi connectivity index (χ1) is 10.1. The Hall–Kier alpha value is -2.08. The van der Waals surface area contributed by atoms with Gasteiger partial charge in [-0.1, -0.05) is 0 Å². The molecule has 0 saturated heterocycles. The maximum absolute atomic E-state index is 13.7. The van der Waals surface area contributed by atoms with E-state index in [0.717, 1.165) is 10.8 Å². The fraction of sp³-hybridized carbons (Fsp3) is 0.600. The summed E-state index contributed by atoms with van der Waals surface area (Å²) in [6.45, 7) is 0.133. The van der Waals surface area contributed by atoms with Crippen molar-refractivity contribution in [1.82, 2.24) is 23.7 Å². The molecule has 0 radical (unpaired) electrons. The maximum Gasteiger partial charge on any atom is 0.356 e. The standard InChI is InChI=1S/C10H14FN5O5S/c1-6-13-16-8(14(6)2)12-9(17)15(10(16)18)4-7(11)5-21-22(3,19)20/h7H,4-5H2,1-3H3. The third kappa shape index (κ3) is 3.22. The highest BCUT2D eigenvalue weighted by molar-refractivity contribution is 7.85. The lowest BCUT2D eigenvalue weighted by Crippen LogP contribution is -2.42. The lowest BCUT2D eigenvalue weighted by Gasteiger charge is -2.09. The summed E-state index contributed by atoms with van der Waals surface area (Å²) in [7, 11) is -2.24. The van der Waals surface area contributed by atoms with Crippen LogP contribution in [0.4, 0.5) is 4.39 Å². The van der Waals surface area contributed by atoms with Crippen molar-refractivity contribution < 1.29 is 17.0 Å². The molecule has 2 heterocycles. The summed E-state index contributed by atoms with van der Waals surface area (Å²) in [6, 6.07) is 0. The molecule has 12 heteroatoms. The zero-order valence-corrected chi connectivity index (χ0v) is 12.9. The van der Waals surface area contributed by atoms with Gasteiger partial charge >= 0.3 is 11.4 Å². The minimum absolute atomic E-state index is 0.0338. The van der Waals surface area contributed by atoms with Gasteiger partial charge in [-0.15, -0.1) is 9.61 Å². The van der Waals surface area contributed by atoms with E-state index in [1.54, 1.807) is 14.0 Å². The van der Waals surface area contributed by atoms with Gasteiger partial charge in [-0.3, -0.25) is 8.75 Å². The van der Waals surface area contributed by atoms with Crippen LogP contribution in [0.15, 0.2) is 9.59 Å². The topological polar surface area (TPSA) is 118 Å². The molecule has 0 aliphatic heterocycles. The number of aromatic nitrogens is 5. The fourth-order valence-corrected chi connectivity index (χ4v) is 2.14. The molecule has 2 aromatic heterocycles. The van der Waals surface area contributed by atoms with Crippen LogP contribution < -0.4 is 11.4 Å². The summed E-state index contributed by atoms with van der Waals surface area (Å²) in [5.74, 6) is 0.477. The van der Waals surface area contributed by atoms with Crippen molar-refractivity contribution >= 4 is 15.9 Å². The Morgan fingerprint density at radius 3 is 2.59 bits per heavy atom. The lowest BCUT2D eigenvalue weighted by atomic mass is 10.4. The van der Waals surface area contributed by atoms with Crippen molar-refractivity contribution in [3.8, 4) is 0 Å². The first kappa shape index (κ1) is 16.3. The third-order valence-corrected chi connectivity index (χ3v) is 3.47. The number of aryl methyl sites for hydroxylation is 2. The Bertz CT molecular complexity index is 928. The summed E-state index contributed by atoms with van der Waals surface area (Å²) >= 11 is 0. The Morgan fingerprint density at radius 2 is 2.00 bits per heavy atom. The van der Waals surface area contributed by atoms with E-state index in [4.69, 9.17) is 0 Å². The highest BCUT2D eigenvalue weighted by atomic mass is 32.2. The van der Waals surface area contributed by atoms with E-state index in [-0.39, 0.29) is 5.78 Å². The van der Waals surface area contributed by atoms with E-state index in [2.05, 4.69) is 14.3 Å². The number of nitrogens with zero attached hydrogens (tertiary/aromatic N) is 5. The summed E-state index contributed by atoms with van der Waals surface area (Å²) in [5.41, 5.74) is -1.81. The van der Waals surface area contributed by atoms with Crippen LogP contribution >= 0.6 is 0 Å². The second-order valence-corrected chi connectivity index (χ2v) is 6.34. The number of hydrogen-bond acceptors (Lipinski definition) is 7. The number of halogens is 1. The van der Waals surface area contributed by atoms with E-state index >= 15 is 0 Å². The molecule has 0 amide bonds. The Morgan fingerprint density at radius 1 is 1.36 bits per heavy atom. The van der Waals surface area contributed by atoms with Gasteiger partial charge in [-0.25, -0.2) is 18.5 Å². The van der Waals surface area contributed by atoms with Crippen molar-refractivity contribution in [3.05, 3.63) is 26.8 Å². The van der Waals surface area contributed by atoms with Crippen LogP contribution in [-0.4, -0.2) is 51.2 Å². The third-order valence-electron chi connectivity index (χ3n) is 2.90. The Labute approximate surface area is 123 Å². The molecule has 2 aromatic rings. The minimum Gasteiger partial charge on any atom is -0.300 e. The van der Waals surface area contributed by atoms with E-state index in [1.807, 2.05) is 0 Å². The van der Waals surface area contributed by atoms with E-state index in [9.17, 15) is 22.4 Å². The van der Waals surface area contributed by atoms with E-state index in [0.29, 0.717) is 10.4 Å². The molecule has 1 unspecified atom stereocenters. The summed E-state index contributed by atoms with van der Waals surface area (Å²) < 4.78 is 42.4. The molecule has 0 aliphatic rings. The molecule has 0 spiro atoms. The summed E-state index contributed by atoms with van der Waals surface area (Å²) in [4.78, 5) is 27.6. The van der Waals surface area contributed by atoms with Crippen LogP contribution in [0.1, 0.15) is 5.82 Å². The van der Waals surface area contributed by atoms with Crippen LogP contribution in [0, 0.1) is 6.92 Å². The van der Waals surface area contributed by atoms with Crippen LogP contribution in [-0.2, 0) is 27.9 Å². The SMILES string of the molecule is Cc1nn2c(=O)n(CC(F)COS(C)(=O)=O)c(=O)nc2n1C. The Balaban J connectivity index is 2.36. The molecule has 10 nitrogen and oxygen atoms in total. The average molecular weight is 335 g/mol. The molecule has 0 aliphatic carbocycles. The number of alkyl halides is 1. The molecule has 1 atom stereocenters. The Kier molecular flexibility index (Phi) is 4.15. The number of hydrogen-bond donors (Lipinski definition) is 0. The monoisotopic (exact) mass is 335 g/mol. The smallest absolute Gasteiger partial charge is 0.300 e. The average Bonchev–Trinajstić information content (AvgIpc) is 2.68. The molecule has 0 aromatic carbocycles. The van der Waals surface area contributed by atoms with Crippen molar-refractivity contribution in [2.24, 2.45) is 7.05 Å². The van der Waals surface area contributed by atoms with Crippen LogP contribution in [0.25, 0.3) is 5.78 Å². The minimum atomic E-state index is -3.81. The van der Waals surface area contributed by atoms with Gasteiger partial charge in [0.05, 0.1) is 19.4 Å². The van der Waals surface area contributed by atoms with Crippen LogP contribution in [0.2, 0.25) is 0 Å². The molecule has 0 fully saturated rings. The van der Waals surface area contributed by atoms with Gasteiger partial charge in [-0.2, -0.15) is 13.4 Å². The number of rotatable bonds is 5. The summed E-state index contributed by atoms with van der Waals surface area (Å²) in [5, 5.41) is 3.90. The quantitative estimate of drug-likeness (QED) is 0.592. The molecule has 0 saturated carbocycles. The molecule has 0 bridgehead atoms. The van der Waals surface area contributed by atoms with Crippen molar-refractivity contribution in [3.63, 3.8) is 0 Å². The van der Waals surface area contributed by atoms with Gasteiger partial charge in [0, 0.05) is 7.05 Å². The first-order valence-corrected chi connectivity index (χ1v) is 7.93. The van der Waals surface area contributed by atoms with Gasteiger partial charge in [0.25, 0.3) is 10.1 Å². The summed E-state index contributed by atoms with van der Waals surface area (Å²) in [6.07, 6.45) is -1.10. The van der Waals surface area contributed by atoms with Gasteiger partial charge in [0.2, 0.25) is 5.78 Å². The lowest BCUT2D eigenvalue weighted by molar-refractivity contribution is 0.180. The molecule has 2 rings (SSSR count). The molecular formula is C10H14FN5O5S. The first-order valence-electron chi connectivity index (χ1n) is 6.12. The van der Waals surface area contributed by atoms with Crippen molar-refractivity contribution in [2.45, 2.75) is 19.6 Å². The fourth-order valence-electron chi connectivity index (χ4n) is 1.74. The molecule has 0 N–H and O–H groups in total. The van der Waals surface area contributed by atoms with E-state index in [1.165, 1.54) is 4.57 Å². The van der Waals surface area contributed by atoms with Gasteiger partial charge < -0.3 is 0 Å². The van der Waals surface area contributed by atoms with Crippen molar-refractivity contribution in [2.75, 3.05) is 12.9 Å². The second-order valence-electron chi connectivity index (χ2n) is 4.69. The predicted molar refractivity (Wildman–Crippen MR) is 72.9 cm³/mol. The number of fused-ring (bicyclic) bond motifs is 1. The van der Waals surface area contributed by atoms with Crippen LogP contribution in [0.5, 0.6) is 0 Å². The molecule has 122 valence electrons. The van der Waals surface area contributed by atoms with Gasteiger partial charge in [0.15, 0.2) is 0 Å². The largest absolute Gasteiger partial charge is 0.356 e. The van der Waals surface area contributed by atoms with Crippen molar-refractivity contribution in [1.29, 1.82) is 0 Å². The predicted octanol–water partition coefficient (Wildman–Crippen LogP) is -1.79.